The average molecular weight is 317 g/mol. The van der Waals surface area contributed by atoms with E-state index in [2.05, 4.69) is 10.1 Å². The lowest BCUT2D eigenvalue weighted by molar-refractivity contribution is 0.326. The normalized spacial score (nSPS) is 10.7. The summed E-state index contributed by atoms with van der Waals surface area (Å²) < 4.78 is 22.1. The van der Waals surface area contributed by atoms with Gasteiger partial charge < -0.3 is 18.7 Å². The second kappa shape index (κ2) is 5.99. The molecule has 1 aromatic carbocycles. The van der Waals surface area contributed by atoms with Crippen molar-refractivity contribution in [3.63, 3.8) is 0 Å². The van der Waals surface area contributed by atoms with Gasteiger partial charge in [-0.25, -0.2) is 4.98 Å². The van der Waals surface area contributed by atoms with Crippen molar-refractivity contribution in [3.05, 3.63) is 40.8 Å². The number of hydrogen-bond acceptors (Lipinski definition) is 7. The number of ether oxygens (including phenoxy) is 3. The van der Waals surface area contributed by atoms with Gasteiger partial charge in [0.15, 0.2) is 11.5 Å². The van der Waals surface area contributed by atoms with E-state index in [4.69, 9.17) is 18.7 Å². The predicted molar refractivity (Wildman–Crippen MR) is 81.3 cm³/mol. The maximum absolute atomic E-state index is 12.7. The van der Waals surface area contributed by atoms with Crippen LogP contribution in [0.4, 0.5) is 0 Å². The molecule has 0 atom stereocenters. The molecule has 3 aromatic rings. The molecule has 8 nitrogen and oxygen atoms in total. The van der Waals surface area contributed by atoms with Crippen molar-refractivity contribution in [2.75, 3.05) is 21.3 Å². The summed E-state index contributed by atoms with van der Waals surface area (Å²) in [5, 5.41) is 4.16. The fourth-order valence-electron chi connectivity index (χ4n) is 2.37. The number of hydrogen-bond donors (Lipinski definition) is 0. The summed E-state index contributed by atoms with van der Waals surface area (Å²) in [6, 6.07) is 3.27. The highest BCUT2D eigenvalue weighted by atomic mass is 16.5. The first-order chi connectivity index (χ1) is 11.2. The smallest absolute Gasteiger partial charge is 0.261 e. The highest BCUT2D eigenvalue weighted by Gasteiger charge is 2.19. The summed E-state index contributed by atoms with van der Waals surface area (Å²) in [7, 11) is 4.48. The summed E-state index contributed by atoms with van der Waals surface area (Å²) in [6.07, 6.45) is 2.89. The van der Waals surface area contributed by atoms with Crippen LogP contribution in [0, 0.1) is 0 Å². The van der Waals surface area contributed by atoms with Gasteiger partial charge in [0.2, 0.25) is 5.75 Å². The predicted octanol–water partition coefficient (Wildman–Crippen LogP) is 1.46. The van der Waals surface area contributed by atoms with Crippen molar-refractivity contribution < 1.29 is 18.7 Å². The second-order valence-corrected chi connectivity index (χ2v) is 4.71. The van der Waals surface area contributed by atoms with E-state index in [0.29, 0.717) is 33.8 Å². The van der Waals surface area contributed by atoms with Crippen LogP contribution in [0.5, 0.6) is 17.2 Å². The monoisotopic (exact) mass is 317 g/mol. The van der Waals surface area contributed by atoms with E-state index in [9.17, 15) is 4.79 Å². The molecule has 0 spiro atoms. The van der Waals surface area contributed by atoms with Gasteiger partial charge in [-0.1, -0.05) is 5.16 Å². The molecule has 2 aromatic heterocycles. The van der Waals surface area contributed by atoms with Crippen molar-refractivity contribution in [1.82, 2.24) is 14.7 Å². The fraction of sp³-hybridized carbons (Fsp3) is 0.267. The van der Waals surface area contributed by atoms with Crippen LogP contribution in [0.25, 0.3) is 10.9 Å². The summed E-state index contributed by atoms with van der Waals surface area (Å²) in [4.78, 5) is 17.0. The minimum atomic E-state index is -0.239. The van der Waals surface area contributed by atoms with Crippen molar-refractivity contribution >= 4 is 10.9 Å². The minimum Gasteiger partial charge on any atom is -0.493 e. The molecule has 0 saturated heterocycles. The van der Waals surface area contributed by atoms with E-state index in [0.717, 1.165) is 0 Å². The molecule has 0 N–H and O–H groups in total. The number of nitrogens with zero attached hydrogens (tertiary/aromatic N) is 3. The van der Waals surface area contributed by atoms with E-state index >= 15 is 0 Å². The molecule has 0 aliphatic rings. The van der Waals surface area contributed by atoms with Gasteiger partial charge in [0.1, 0.15) is 17.5 Å². The molecule has 0 saturated carbocycles. The highest BCUT2D eigenvalue weighted by molar-refractivity contribution is 5.89. The van der Waals surface area contributed by atoms with Gasteiger partial charge in [-0.2, -0.15) is 0 Å². The Bertz CT molecular complexity index is 886. The minimum absolute atomic E-state index is 0.239. The molecular formula is C15H15N3O5. The number of fused-ring (bicyclic) bond motifs is 1. The average Bonchev–Trinajstić information content (AvgIpc) is 3.08. The number of rotatable bonds is 5. The maximum Gasteiger partial charge on any atom is 0.261 e. The van der Waals surface area contributed by atoms with Crippen LogP contribution in [-0.4, -0.2) is 36.0 Å². The lowest BCUT2D eigenvalue weighted by Crippen LogP contribution is -2.21. The highest BCUT2D eigenvalue weighted by Crippen LogP contribution is 2.41. The van der Waals surface area contributed by atoms with Gasteiger partial charge in [-0.3, -0.25) is 9.36 Å². The molecule has 0 unspecified atom stereocenters. The lowest BCUT2D eigenvalue weighted by Gasteiger charge is -2.14. The Kier molecular flexibility index (Phi) is 3.88. The molecule has 0 radical (unpaired) electrons. The summed E-state index contributed by atoms with van der Waals surface area (Å²) >= 11 is 0. The summed E-state index contributed by atoms with van der Waals surface area (Å²) in [5.74, 6) is 1.14. The standard InChI is InChI=1S/C15H15N3O5/c1-20-11-6-10-12(14(22-3)13(11)21-2)16-8-18(15(10)19)7-9-4-5-23-17-9/h4-6,8H,7H2,1-3H3. The van der Waals surface area contributed by atoms with Gasteiger partial charge in [-0.15, -0.1) is 0 Å². The molecule has 120 valence electrons. The van der Waals surface area contributed by atoms with Crippen LogP contribution in [0.1, 0.15) is 5.69 Å². The molecule has 2 heterocycles. The van der Waals surface area contributed by atoms with Gasteiger partial charge in [-0.05, 0) is 6.07 Å². The first-order valence-corrected chi connectivity index (χ1v) is 6.77. The zero-order chi connectivity index (χ0) is 16.4. The Balaban J connectivity index is 2.23. The Labute approximate surface area is 131 Å². The first-order valence-electron chi connectivity index (χ1n) is 6.77. The molecule has 0 aliphatic carbocycles. The first kappa shape index (κ1) is 14.9. The van der Waals surface area contributed by atoms with E-state index < -0.39 is 0 Å². The second-order valence-electron chi connectivity index (χ2n) is 4.71. The van der Waals surface area contributed by atoms with Gasteiger partial charge in [0.25, 0.3) is 5.56 Å². The molecule has 0 fully saturated rings. The van der Waals surface area contributed by atoms with Crippen molar-refractivity contribution in [3.8, 4) is 17.2 Å². The fourth-order valence-corrected chi connectivity index (χ4v) is 2.37. The number of aromatic nitrogens is 3. The van der Waals surface area contributed by atoms with E-state index in [-0.39, 0.29) is 12.1 Å². The summed E-state index contributed by atoms with van der Waals surface area (Å²) in [6.45, 7) is 0.259. The zero-order valence-corrected chi connectivity index (χ0v) is 12.9. The topological polar surface area (TPSA) is 88.6 Å². The largest absolute Gasteiger partial charge is 0.493 e. The Morgan fingerprint density at radius 3 is 2.57 bits per heavy atom. The van der Waals surface area contributed by atoms with Crippen LogP contribution in [0.2, 0.25) is 0 Å². The molecule has 0 amide bonds. The number of benzene rings is 1. The van der Waals surface area contributed by atoms with Crippen molar-refractivity contribution in [2.24, 2.45) is 0 Å². The molecular weight excluding hydrogens is 302 g/mol. The Morgan fingerprint density at radius 1 is 1.17 bits per heavy atom. The summed E-state index contributed by atoms with van der Waals surface area (Å²) in [5.41, 5.74) is 0.796. The van der Waals surface area contributed by atoms with Gasteiger partial charge in [0, 0.05) is 6.07 Å². The Hall–Kier alpha value is -3.03. The van der Waals surface area contributed by atoms with E-state index in [1.54, 1.807) is 12.1 Å². The third-order valence-corrected chi connectivity index (χ3v) is 3.44. The maximum atomic E-state index is 12.7. The third-order valence-electron chi connectivity index (χ3n) is 3.44. The lowest BCUT2D eigenvalue weighted by atomic mass is 10.2. The van der Waals surface area contributed by atoms with Crippen molar-refractivity contribution in [2.45, 2.75) is 6.54 Å². The van der Waals surface area contributed by atoms with Gasteiger partial charge in [0.05, 0.1) is 39.6 Å². The van der Waals surface area contributed by atoms with Crippen LogP contribution in [0.3, 0.4) is 0 Å². The van der Waals surface area contributed by atoms with E-state index in [1.165, 1.54) is 38.5 Å². The van der Waals surface area contributed by atoms with Gasteiger partial charge >= 0.3 is 0 Å². The quantitative estimate of drug-likeness (QED) is 0.703. The van der Waals surface area contributed by atoms with Crippen LogP contribution >= 0.6 is 0 Å². The Morgan fingerprint density at radius 2 is 1.96 bits per heavy atom. The SMILES string of the molecule is COc1cc2c(=O)n(Cc3ccon3)cnc2c(OC)c1OC. The van der Waals surface area contributed by atoms with Crippen LogP contribution in [-0.2, 0) is 6.54 Å². The van der Waals surface area contributed by atoms with Crippen molar-refractivity contribution in [1.29, 1.82) is 0 Å². The molecule has 23 heavy (non-hydrogen) atoms. The molecule has 8 heteroatoms. The van der Waals surface area contributed by atoms with E-state index in [1.807, 2.05) is 0 Å². The molecule has 3 rings (SSSR count). The van der Waals surface area contributed by atoms with Crippen LogP contribution in [0.15, 0.2) is 34.0 Å². The molecule has 0 bridgehead atoms. The zero-order valence-electron chi connectivity index (χ0n) is 12.9. The molecule has 0 aliphatic heterocycles. The van der Waals surface area contributed by atoms with Crippen LogP contribution < -0.4 is 19.8 Å². The number of methoxy groups -OCH3 is 3. The third kappa shape index (κ3) is 2.48.